The van der Waals surface area contributed by atoms with Crippen LogP contribution in [0.2, 0.25) is 0 Å². The predicted octanol–water partition coefficient (Wildman–Crippen LogP) is 0.140. The number of fused-ring (bicyclic) bond motifs is 1. The van der Waals surface area contributed by atoms with E-state index in [0.717, 1.165) is 5.70 Å². The topological polar surface area (TPSA) is 60.9 Å². The number of carboxylic acid groups (broad SMARTS) is 1. The summed E-state index contributed by atoms with van der Waals surface area (Å²) in [5.74, 6) is -1.34. The van der Waals surface area contributed by atoms with E-state index in [1.807, 2.05) is 12.2 Å². The first-order chi connectivity index (χ1) is 7.18. The van der Waals surface area contributed by atoms with E-state index in [-0.39, 0.29) is 12.5 Å². The fourth-order valence-corrected chi connectivity index (χ4v) is 1.57. The number of amides is 1. The first-order valence-electron chi connectivity index (χ1n) is 4.54. The van der Waals surface area contributed by atoms with Crippen molar-refractivity contribution in [1.29, 1.82) is 0 Å². The highest BCUT2D eigenvalue weighted by atomic mass is 16.4. The molecule has 0 aromatic rings. The van der Waals surface area contributed by atoms with Crippen molar-refractivity contribution in [2.75, 3.05) is 13.1 Å². The Labute approximate surface area is 86.6 Å². The van der Waals surface area contributed by atoms with Gasteiger partial charge in [-0.2, -0.15) is 0 Å². The SMILES string of the molecule is O=C(O)CN1C(=O)C=CC=C2C=CCN21. The molecule has 0 saturated heterocycles. The van der Waals surface area contributed by atoms with Gasteiger partial charge in [0.2, 0.25) is 0 Å². The van der Waals surface area contributed by atoms with E-state index in [1.165, 1.54) is 11.1 Å². The zero-order valence-electron chi connectivity index (χ0n) is 7.96. The number of nitrogens with zero attached hydrogens (tertiary/aromatic N) is 2. The molecule has 1 N–H and O–H groups in total. The minimum absolute atomic E-state index is 0.313. The van der Waals surface area contributed by atoms with E-state index < -0.39 is 5.97 Å². The summed E-state index contributed by atoms with van der Waals surface area (Å²) in [6.45, 7) is 0.217. The number of rotatable bonds is 2. The molecule has 0 aromatic carbocycles. The molecule has 1 amide bonds. The second-order valence-corrected chi connectivity index (χ2v) is 3.22. The molecule has 78 valence electrons. The van der Waals surface area contributed by atoms with Gasteiger partial charge >= 0.3 is 5.97 Å². The van der Waals surface area contributed by atoms with Crippen LogP contribution in [0.4, 0.5) is 0 Å². The van der Waals surface area contributed by atoms with E-state index in [9.17, 15) is 9.59 Å². The third-order valence-electron chi connectivity index (χ3n) is 2.20. The maximum atomic E-state index is 11.6. The summed E-state index contributed by atoms with van der Waals surface area (Å²) in [5, 5.41) is 11.6. The highest BCUT2D eigenvalue weighted by Gasteiger charge is 2.26. The number of carbonyl (C=O) groups is 2. The molecule has 0 unspecified atom stereocenters. The van der Waals surface area contributed by atoms with Crippen LogP contribution in [0.15, 0.2) is 36.1 Å². The quantitative estimate of drug-likeness (QED) is 0.698. The lowest BCUT2D eigenvalue weighted by molar-refractivity contribution is -0.151. The van der Waals surface area contributed by atoms with Crippen LogP contribution in [0.25, 0.3) is 0 Å². The normalized spacial score (nSPS) is 18.9. The standard InChI is InChI=1S/C10H10N2O3/c13-9-5-1-3-8-4-2-6-11(8)12(9)7-10(14)15/h1-5H,6-7H2,(H,14,15). The van der Waals surface area contributed by atoms with Crippen molar-refractivity contribution >= 4 is 11.9 Å². The van der Waals surface area contributed by atoms with Crippen LogP contribution in [0.5, 0.6) is 0 Å². The molecular weight excluding hydrogens is 196 g/mol. The molecule has 0 spiro atoms. The zero-order valence-corrected chi connectivity index (χ0v) is 7.96. The molecule has 5 nitrogen and oxygen atoms in total. The van der Waals surface area contributed by atoms with E-state index in [1.54, 1.807) is 17.2 Å². The molecule has 2 aliphatic rings. The van der Waals surface area contributed by atoms with Crippen molar-refractivity contribution < 1.29 is 14.7 Å². The van der Waals surface area contributed by atoms with Gasteiger partial charge in [-0.15, -0.1) is 0 Å². The Hall–Kier alpha value is -2.04. The second-order valence-electron chi connectivity index (χ2n) is 3.22. The first-order valence-corrected chi connectivity index (χ1v) is 4.54. The molecule has 2 aliphatic heterocycles. The van der Waals surface area contributed by atoms with Crippen LogP contribution in [0.1, 0.15) is 0 Å². The van der Waals surface area contributed by atoms with Crippen molar-refractivity contribution in [2.24, 2.45) is 0 Å². The Balaban J connectivity index is 2.26. The molecule has 0 bridgehead atoms. The van der Waals surface area contributed by atoms with Gasteiger partial charge in [-0.25, -0.2) is 5.01 Å². The Kier molecular flexibility index (Phi) is 2.29. The number of hydrogen-bond donors (Lipinski definition) is 1. The lowest BCUT2D eigenvalue weighted by atomic mass is 10.4. The monoisotopic (exact) mass is 206 g/mol. The van der Waals surface area contributed by atoms with Crippen molar-refractivity contribution in [1.82, 2.24) is 10.0 Å². The molecule has 2 heterocycles. The summed E-state index contributed by atoms with van der Waals surface area (Å²) < 4.78 is 0. The van der Waals surface area contributed by atoms with Crippen molar-refractivity contribution in [3.63, 3.8) is 0 Å². The van der Waals surface area contributed by atoms with E-state index in [0.29, 0.717) is 6.54 Å². The predicted molar refractivity (Wildman–Crippen MR) is 52.4 cm³/mol. The summed E-state index contributed by atoms with van der Waals surface area (Å²) in [4.78, 5) is 22.2. The number of allylic oxidation sites excluding steroid dienone is 3. The van der Waals surface area contributed by atoms with Gasteiger partial charge in [-0.05, 0) is 12.2 Å². The van der Waals surface area contributed by atoms with E-state index >= 15 is 0 Å². The molecule has 0 fully saturated rings. The van der Waals surface area contributed by atoms with Crippen molar-refractivity contribution in [3.05, 3.63) is 36.1 Å². The van der Waals surface area contributed by atoms with Crippen LogP contribution >= 0.6 is 0 Å². The molecule has 5 heteroatoms. The summed E-state index contributed by atoms with van der Waals surface area (Å²) >= 11 is 0. The van der Waals surface area contributed by atoms with Crippen molar-refractivity contribution in [2.45, 2.75) is 0 Å². The van der Waals surface area contributed by atoms with Crippen molar-refractivity contribution in [3.8, 4) is 0 Å². The molecule has 0 aliphatic carbocycles. The van der Waals surface area contributed by atoms with Gasteiger partial charge in [-0.3, -0.25) is 14.6 Å². The first kappa shape index (κ1) is 9.51. The lowest BCUT2D eigenvalue weighted by Gasteiger charge is -2.31. The summed E-state index contributed by atoms with van der Waals surface area (Å²) in [5.41, 5.74) is 0.832. The van der Waals surface area contributed by atoms with Crippen LogP contribution in [-0.4, -0.2) is 40.1 Å². The maximum Gasteiger partial charge on any atom is 0.325 e. The summed E-state index contributed by atoms with van der Waals surface area (Å²) in [6, 6.07) is 0. The lowest BCUT2D eigenvalue weighted by Crippen LogP contribution is -2.45. The Morgan fingerprint density at radius 1 is 1.47 bits per heavy atom. The highest BCUT2D eigenvalue weighted by molar-refractivity contribution is 5.90. The highest BCUT2D eigenvalue weighted by Crippen LogP contribution is 2.19. The molecule has 15 heavy (non-hydrogen) atoms. The largest absolute Gasteiger partial charge is 0.480 e. The maximum absolute atomic E-state index is 11.6. The molecule has 0 saturated carbocycles. The third-order valence-corrected chi connectivity index (χ3v) is 2.20. The fraction of sp³-hybridized carbons (Fsp3) is 0.200. The van der Waals surface area contributed by atoms with Gasteiger partial charge in [0.1, 0.15) is 6.54 Å². The van der Waals surface area contributed by atoms with E-state index in [2.05, 4.69) is 0 Å². The zero-order chi connectivity index (χ0) is 10.8. The molecular formula is C10H10N2O3. The minimum atomic E-state index is -1.02. The Morgan fingerprint density at radius 2 is 2.27 bits per heavy atom. The Morgan fingerprint density at radius 3 is 3.00 bits per heavy atom. The molecule has 0 atom stereocenters. The summed E-state index contributed by atoms with van der Waals surface area (Å²) in [6.07, 6.45) is 8.51. The van der Waals surface area contributed by atoms with Gasteiger partial charge in [0.05, 0.1) is 12.2 Å². The average Bonchev–Trinajstić information content (AvgIpc) is 2.57. The van der Waals surface area contributed by atoms with Gasteiger partial charge in [0, 0.05) is 6.08 Å². The van der Waals surface area contributed by atoms with Gasteiger partial charge in [-0.1, -0.05) is 12.2 Å². The average molecular weight is 206 g/mol. The number of aliphatic carboxylic acids is 1. The third kappa shape index (κ3) is 1.76. The van der Waals surface area contributed by atoms with Gasteiger partial charge in [0.15, 0.2) is 0 Å². The van der Waals surface area contributed by atoms with Gasteiger partial charge < -0.3 is 5.11 Å². The number of carbonyl (C=O) groups excluding carboxylic acids is 1. The fourth-order valence-electron chi connectivity index (χ4n) is 1.57. The number of carboxylic acids is 1. The second kappa shape index (κ2) is 3.61. The van der Waals surface area contributed by atoms with Gasteiger partial charge in [0.25, 0.3) is 5.91 Å². The summed E-state index contributed by atoms with van der Waals surface area (Å²) in [7, 11) is 0. The molecule has 0 aromatic heterocycles. The molecule has 0 radical (unpaired) electrons. The molecule has 2 rings (SSSR count). The Bertz CT molecular complexity index is 395. The number of hydrazine groups is 1. The smallest absolute Gasteiger partial charge is 0.325 e. The number of hydrogen-bond acceptors (Lipinski definition) is 3. The van der Waals surface area contributed by atoms with Crippen LogP contribution in [0, 0.1) is 0 Å². The van der Waals surface area contributed by atoms with Crippen LogP contribution in [-0.2, 0) is 9.59 Å². The van der Waals surface area contributed by atoms with E-state index in [4.69, 9.17) is 5.11 Å². The van der Waals surface area contributed by atoms with Crippen LogP contribution in [0.3, 0.4) is 0 Å². The van der Waals surface area contributed by atoms with Crippen LogP contribution < -0.4 is 0 Å². The minimum Gasteiger partial charge on any atom is -0.480 e.